The Bertz CT molecular complexity index is 599. The standard InChI is InChI=1S/C13H11Br2NO2/c1-8(17)4-6-18-13-11(15)7-10(14)9-3-2-5-16-12(9)13/h2-3,5,7H,4,6H2,1H3. The number of pyridine rings is 1. The Morgan fingerprint density at radius 1 is 1.39 bits per heavy atom. The summed E-state index contributed by atoms with van der Waals surface area (Å²) in [7, 11) is 0. The van der Waals surface area contributed by atoms with E-state index in [-0.39, 0.29) is 5.78 Å². The van der Waals surface area contributed by atoms with Gasteiger partial charge in [-0.25, -0.2) is 0 Å². The summed E-state index contributed by atoms with van der Waals surface area (Å²) in [6.07, 6.45) is 2.12. The van der Waals surface area contributed by atoms with Crippen LogP contribution in [0.1, 0.15) is 13.3 Å². The van der Waals surface area contributed by atoms with Gasteiger partial charge in [-0.2, -0.15) is 0 Å². The first-order chi connectivity index (χ1) is 8.59. The van der Waals surface area contributed by atoms with Gasteiger partial charge in [-0.3, -0.25) is 9.78 Å². The highest BCUT2D eigenvalue weighted by Gasteiger charge is 2.11. The summed E-state index contributed by atoms with van der Waals surface area (Å²) < 4.78 is 7.44. The second-order valence-electron chi connectivity index (χ2n) is 3.87. The maximum Gasteiger partial charge on any atom is 0.159 e. The summed E-state index contributed by atoms with van der Waals surface area (Å²) >= 11 is 6.95. The monoisotopic (exact) mass is 371 g/mol. The molecule has 0 amide bonds. The number of ether oxygens (including phenoxy) is 1. The lowest BCUT2D eigenvalue weighted by Crippen LogP contribution is -2.04. The normalized spacial score (nSPS) is 10.6. The van der Waals surface area contributed by atoms with Gasteiger partial charge in [0.15, 0.2) is 5.75 Å². The zero-order chi connectivity index (χ0) is 13.1. The number of rotatable bonds is 4. The number of Topliss-reactive ketones (excluding diaryl/α,β-unsaturated/α-hetero) is 1. The number of halogens is 2. The Hall–Kier alpha value is -0.940. The number of hydrogen-bond donors (Lipinski definition) is 0. The van der Waals surface area contributed by atoms with Crippen molar-refractivity contribution in [2.45, 2.75) is 13.3 Å². The third-order valence-electron chi connectivity index (χ3n) is 2.45. The molecule has 0 unspecified atom stereocenters. The van der Waals surface area contributed by atoms with Crippen LogP contribution in [0, 0.1) is 0 Å². The van der Waals surface area contributed by atoms with Crippen LogP contribution in [0.4, 0.5) is 0 Å². The van der Waals surface area contributed by atoms with Crippen molar-refractivity contribution in [1.29, 1.82) is 0 Å². The fourth-order valence-electron chi connectivity index (χ4n) is 1.58. The van der Waals surface area contributed by atoms with Gasteiger partial charge < -0.3 is 4.74 Å². The molecule has 0 fully saturated rings. The van der Waals surface area contributed by atoms with Crippen LogP contribution in [-0.4, -0.2) is 17.4 Å². The molecule has 1 aromatic carbocycles. The number of ketones is 1. The molecule has 94 valence electrons. The minimum Gasteiger partial charge on any atom is -0.490 e. The van der Waals surface area contributed by atoms with Crippen LogP contribution in [0.5, 0.6) is 5.75 Å². The molecule has 0 radical (unpaired) electrons. The zero-order valence-electron chi connectivity index (χ0n) is 9.74. The van der Waals surface area contributed by atoms with Crippen molar-refractivity contribution in [3.05, 3.63) is 33.3 Å². The quantitative estimate of drug-likeness (QED) is 0.810. The van der Waals surface area contributed by atoms with Gasteiger partial charge in [0.2, 0.25) is 0 Å². The lowest BCUT2D eigenvalue weighted by molar-refractivity contribution is -0.117. The fourth-order valence-corrected chi connectivity index (χ4v) is 2.97. The van der Waals surface area contributed by atoms with E-state index < -0.39 is 0 Å². The summed E-state index contributed by atoms with van der Waals surface area (Å²) in [6.45, 7) is 1.91. The SMILES string of the molecule is CC(=O)CCOc1c(Br)cc(Br)c2cccnc12. The molecule has 0 N–H and O–H groups in total. The van der Waals surface area contributed by atoms with E-state index in [4.69, 9.17) is 4.74 Å². The van der Waals surface area contributed by atoms with E-state index in [1.54, 1.807) is 13.1 Å². The van der Waals surface area contributed by atoms with Crippen molar-refractivity contribution in [2.24, 2.45) is 0 Å². The van der Waals surface area contributed by atoms with Crippen LogP contribution in [-0.2, 0) is 4.79 Å². The van der Waals surface area contributed by atoms with Crippen molar-refractivity contribution in [3.63, 3.8) is 0 Å². The molecule has 0 saturated heterocycles. The minimum atomic E-state index is 0.112. The minimum absolute atomic E-state index is 0.112. The summed E-state index contributed by atoms with van der Waals surface area (Å²) in [5, 5.41) is 0.985. The smallest absolute Gasteiger partial charge is 0.159 e. The third kappa shape index (κ3) is 2.90. The Kier molecular flexibility index (Phi) is 4.35. The predicted molar refractivity (Wildman–Crippen MR) is 77.9 cm³/mol. The van der Waals surface area contributed by atoms with E-state index >= 15 is 0 Å². The molecule has 18 heavy (non-hydrogen) atoms. The maximum absolute atomic E-state index is 10.9. The number of carbonyl (C=O) groups excluding carboxylic acids is 1. The fraction of sp³-hybridized carbons (Fsp3) is 0.231. The average molecular weight is 373 g/mol. The van der Waals surface area contributed by atoms with Crippen molar-refractivity contribution in [1.82, 2.24) is 4.98 Å². The zero-order valence-corrected chi connectivity index (χ0v) is 12.9. The van der Waals surface area contributed by atoms with Crippen molar-refractivity contribution < 1.29 is 9.53 Å². The first-order valence-corrected chi connectivity index (χ1v) is 7.03. The van der Waals surface area contributed by atoms with Gasteiger partial charge in [-0.1, -0.05) is 22.0 Å². The Balaban J connectivity index is 2.39. The van der Waals surface area contributed by atoms with E-state index in [1.807, 2.05) is 18.2 Å². The molecule has 0 atom stereocenters. The molecule has 0 aliphatic rings. The summed E-state index contributed by atoms with van der Waals surface area (Å²) in [6, 6.07) is 5.77. The van der Waals surface area contributed by atoms with Crippen LogP contribution in [0.3, 0.4) is 0 Å². The van der Waals surface area contributed by atoms with Crippen LogP contribution in [0.25, 0.3) is 10.9 Å². The Labute approximate surface area is 122 Å². The maximum atomic E-state index is 10.9. The molecule has 2 aromatic rings. The van der Waals surface area contributed by atoms with Crippen LogP contribution in [0.15, 0.2) is 33.3 Å². The number of carbonyl (C=O) groups is 1. The molecular formula is C13H11Br2NO2. The Morgan fingerprint density at radius 3 is 2.89 bits per heavy atom. The number of aromatic nitrogens is 1. The van der Waals surface area contributed by atoms with E-state index in [2.05, 4.69) is 36.8 Å². The van der Waals surface area contributed by atoms with Gasteiger partial charge in [0.1, 0.15) is 11.3 Å². The van der Waals surface area contributed by atoms with E-state index in [0.29, 0.717) is 18.8 Å². The number of fused-ring (bicyclic) bond motifs is 1. The van der Waals surface area contributed by atoms with Crippen LogP contribution in [0.2, 0.25) is 0 Å². The first-order valence-electron chi connectivity index (χ1n) is 5.44. The lowest BCUT2D eigenvalue weighted by Gasteiger charge is -2.11. The second kappa shape index (κ2) is 5.80. The van der Waals surface area contributed by atoms with Crippen LogP contribution < -0.4 is 4.74 Å². The average Bonchev–Trinajstić information content (AvgIpc) is 2.33. The molecule has 0 aliphatic heterocycles. The highest BCUT2D eigenvalue weighted by atomic mass is 79.9. The molecule has 5 heteroatoms. The molecule has 1 heterocycles. The van der Waals surface area contributed by atoms with Gasteiger partial charge >= 0.3 is 0 Å². The van der Waals surface area contributed by atoms with Crippen molar-refractivity contribution in [3.8, 4) is 5.75 Å². The van der Waals surface area contributed by atoms with Gasteiger partial charge in [0, 0.05) is 22.5 Å². The highest BCUT2D eigenvalue weighted by Crippen LogP contribution is 2.37. The highest BCUT2D eigenvalue weighted by molar-refractivity contribution is 9.11. The molecule has 3 nitrogen and oxygen atoms in total. The molecule has 0 saturated carbocycles. The first kappa shape index (κ1) is 13.5. The Morgan fingerprint density at radius 2 is 2.17 bits per heavy atom. The lowest BCUT2D eigenvalue weighted by atomic mass is 10.2. The summed E-state index contributed by atoms with van der Waals surface area (Å²) in [5.41, 5.74) is 0.780. The van der Waals surface area contributed by atoms with Gasteiger partial charge in [0.25, 0.3) is 0 Å². The topological polar surface area (TPSA) is 39.2 Å². The number of hydrogen-bond acceptors (Lipinski definition) is 3. The van der Waals surface area contributed by atoms with Gasteiger partial charge in [-0.15, -0.1) is 0 Å². The molecular weight excluding hydrogens is 362 g/mol. The molecule has 0 spiro atoms. The van der Waals surface area contributed by atoms with E-state index in [9.17, 15) is 4.79 Å². The predicted octanol–water partition coefficient (Wildman–Crippen LogP) is 4.12. The van der Waals surface area contributed by atoms with Gasteiger partial charge in [-0.05, 0) is 35.0 Å². The molecule has 0 aliphatic carbocycles. The van der Waals surface area contributed by atoms with E-state index in [0.717, 1.165) is 19.8 Å². The van der Waals surface area contributed by atoms with Crippen molar-refractivity contribution in [2.75, 3.05) is 6.61 Å². The number of nitrogens with zero attached hydrogens (tertiary/aromatic N) is 1. The second-order valence-corrected chi connectivity index (χ2v) is 5.58. The molecule has 2 rings (SSSR count). The van der Waals surface area contributed by atoms with Crippen molar-refractivity contribution >= 4 is 48.5 Å². The summed E-state index contributed by atoms with van der Waals surface area (Å²) in [4.78, 5) is 15.3. The third-order valence-corrected chi connectivity index (χ3v) is 3.70. The largest absolute Gasteiger partial charge is 0.490 e. The number of benzene rings is 1. The van der Waals surface area contributed by atoms with Gasteiger partial charge in [0.05, 0.1) is 11.1 Å². The van der Waals surface area contributed by atoms with Crippen LogP contribution >= 0.6 is 31.9 Å². The molecule has 1 aromatic heterocycles. The van der Waals surface area contributed by atoms with E-state index in [1.165, 1.54) is 0 Å². The summed E-state index contributed by atoms with van der Waals surface area (Å²) in [5.74, 6) is 0.788. The molecule has 0 bridgehead atoms.